The molecule has 0 fully saturated rings. The molecular weight excluding hydrogens is 148 g/mol. The molecule has 1 N–H and O–H groups in total. The fourth-order valence-corrected chi connectivity index (χ4v) is 1.43. The number of aromatic amines is 1. The number of nitrogens with one attached hydrogen (secondary N) is 1. The minimum absolute atomic E-state index is 0.788. The van der Waals surface area contributed by atoms with Crippen LogP contribution < -0.4 is 10.7 Å². The Labute approximate surface area is 71.3 Å². The van der Waals surface area contributed by atoms with Crippen LogP contribution in [0.25, 0.3) is 5.57 Å². The standard InChI is InChI=1S/C10H12N2/c1-7-3-5-11-10-9(8(7)2)4-6-12-10/h3-4,6H,5H2,1-2H3,(H,11,12). The fourth-order valence-electron chi connectivity index (χ4n) is 1.43. The summed E-state index contributed by atoms with van der Waals surface area (Å²) in [6.45, 7) is 5.06. The van der Waals surface area contributed by atoms with Crippen molar-refractivity contribution >= 4 is 5.57 Å². The second-order valence-electron chi connectivity index (χ2n) is 3.09. The zero-order valence-electron chi connectivity index (χ0n) is 7.39. The van der Waals surface area contributed by atoms with Crippen molar-refractivity contribution in [1.29, 1.82) is 0 Å². The van der Waals surface area contributed by atoms with Crippen molar-refractivity contribution in [3.8, 4) is 0 Å². The Balaban J connectivity index is 2.86. The number of hydrogen-bond acceptors (Lipinski definition) is 1. The zero-order valence-corrected chi connectivity index (χ0v) is 7.39. The van der Waals surface area contributed by atoms with E-state index in [0.717, 1.165) is 12.0 Å². The van der Waals surface area contributed by atoms with E-state index in [1.807, 2.05) is 6.20 Å². The van der Waals surface area contributed by atoms with E-state index in [4.69, 9.17) is 0 Å². The van der Waals surface area contributed by atoms with E-state index >= 15 is 0 Å². The first-order valence-electron chi connectivity index (χ1n) is 4.15. The van der Waals surface area contributed by atoms with E-state index in [1.165, 1.54) is 16.4 Å². The minimum Gasteiger partial charge on any atom is -0.346 e. The van der Waals surface area contributed by atoms with Crippen LogP contribution in [-0.4, -0.2) is 11.5 Å². The van der Waals surface area contributed by atoms with Gasteiger partial charge in [-0.1, -0.05) is 6.08 Å². The molecule has 0 amide bonds. The molecule has 12 heavy (non-hydrogen) atoms. The predicted octanol–water partition coefficient (Wildman–Crippen LogP) is 0.765. The summed E-state index contributed by atoms with van der Waals surface area (Å²) in [5.41, 5.74) is 3.67. The van der Waals surface area contributed by atoms with Crippen molar-refractivity contribution < 1.29 is 0 Å². The summed E-state index contributed by atoms with van der Waals surface area (Å²) >= 11 is 0. The molecule has 2 heteroatoms. The van der Waals surface area contributed by atoms with Gasteiger partial charge in [-0.2, -0.15) is 0 Å². The summed E-state index contributed by atoms with van der Waals surface area (Å²) in [5.74, 6) is 0. The van der Waals surface area contributed by atoms with Crippen molar-refractivity contribution in [3.05, 3.63) is 34.6 Å². The average Bonchev–Trinajstić information content (AvgIpc) is 2.46. The Hall–Kier alpha value is -1.31. The second kappa shape index (κ2) is 2.63. The van der Waals surface area contributed by atoms with Crippen LogP contribution in [0.3, 0.4) is 0 Å². The molecule has 2 heterocycles. The molecule has 2 nitrogen and oxygen atoms in total. The number of rotatable bonds is 0. The highest BCUT2D eigenvalue weighted by molar-refractivity contribution is 5.60. The number of hydrogen-bond donors (Lipinski definition) is 1. The van der Waals surface area contributed by atoms with E-state index in [2.05, 4.69) is 36.0 Å². The summed E-state index contributed by atoms with van der Waals surface area (Å²) in [5, 5.41) is 1.24. The summed E-state index contributed by atoms with van der Waals surface area (Å²) in [6, 6.07) is 2.08. The van der Waals surface area contributed by atoms with E-state index in [9.17, 15) is 0 Å². The van der Waals surface area contributed by atoms with Gasteiger partial charge in [0.2, 0.25) is 0 Å². The second-order valence-corrected chi connectivity index (χ2v) is 3.09. The van der Waals surface area contributed by atoms with Gasteiger partial charge in [-0.15, -0.1) is 0 Å². The maximum absolute atomic E-state index is 4.39. The molecule has 0 aliphatic carbocycles. The highest BCUT2D eigenvalue weighted by atomic mass is 14.8. The highest BCUT2D eigenvalue weighted by Crippen LogP contribution is 2.07. The zero-order chi connectivity index (χ0) is 8.55. The van der Waals surface area contributed by atoms with Gasteiger partial charge in [0.05, 0.1) is 6.54 Å². The van der Waals surface area contributed by atoms with Crippen LogP contribution in [0, 0.1) is 0 Å². The van der Waals surface area contributed by atoms with Crippen LogP contribution in [0.2, 0.25) is 0 Å². The largest absolute Gasteiger partial charge is 0.346 e. The first-order valence-corrected chi connectivity index (χ1v) is 4.15. The molecule has 0 aromatic carbocycles. The molecule has 0 bridgehead atoms. The van der Waals surface area contributed by atoms with Crippen LogP contribution in [0.1, 0.15) is 13.8 Å². The van der Waals surface area contributed by atoms with Crippen LogP contribution in [-0.2, 0) is 0 Å². The van der Waals surface area contributed by atoms with E-state index in [1.54, 1.807) is 0 Å². The maximum Gasteiger partial charge on any atom is 0.132 e. The molecule has 0 unspecified atom stereocenters. The third-order valence-corrected chi connectivity index (χ3v) is 2.37. The number of allylic oxidation sites excluding steroid dienone is 1. The normalized spacial score (nSPS) is 16.2. The van der Waals surface area contributed by atoms with Gasteiger partial charge in [-0.25, -0.2) is 0 Å². The Bertz CT molecular complexity index is 435. The lowest BCUT2D eigenvalue weighted by molar-refractivity contribution is 1.07. The smallest absolute Gasteiger partial charge is 0.132 e. The van der Waals surface area contributed by atoms with Crippen LogP contribution >= 0.6 is 0 Å². The van der Waals surface area contributed by atoms with E-state index in [-0.39, 0.29) is 0 Å². The number of fused-ring (bicyclic) bond motifs is 1. The first-order chi connectivity index (χ1) is 5.79. The SMILES string of the molecule is CC1=CCN=c2[nH]ccc2=C1C. The molecule has 2 rings (SSSR count). The topological polar surface area (TPSA) is 28.1 Å². The molecule has 62 valence electrons. The van der Waals surface area contributed by atoms with Gasteiger partial charge >= 0.3 is 0 Å². The first kappa shape index (κ1) is 7.35. The molecule has 1 aliphatic heterocycles. The van der Waals surface area contributed by atoms with Crippen molar-refractivity contribution in [2.75, 3.05) is 6.54 Å². The van der Waals surface area contributed by atoms with Crippen molar-refractivity contribution in [2.24, 2.45) is 4.99 Å². The molecule has 0 radical (unpaired) electrons. The van der Waals surface area contributed by atoms with Crippen LogP contribution in [0.15, 0.2) is 28.9 Å². The van der Waals surface area contributed by atoms with Crippen LogP contribution in [0.5, 0.6) is 0 Å². The quantitative estimate of drug-likeness (QED) is 0.580. The van der Waals surface area contributed by atoms with Gasteiger partial charge in [0, 0.05) is 11.4 Å². The van der Waals surface area contributed by atoms with Gasteiger partial charge in [0.1, 0.15) is 5.49 Å². The Morgan fingerprint density at radius 3 is 3.08 bits per heavy atom. The lowest BCUT2D eigenvalue weighted by atomic mass is 10.1. The Morgan fingerprint density at radius 1 is 1.42 bits per heavy atom. The highest BCUT2D eigenvalue weighted by Gasteiger charge is 1.99. The fraction of sp³-hybridized carbons (Fsp3) is 0.300. The molecule has 0 atom stereocenters. The predicted molar refractivity (Wildman–Crippen MR) is 49.3 cm³/mol. The Morgan fingerprint density at radius 2 is 2.25 bits per heavy atom. The van der Waals surface area contributed by atoms with Crippen molar-refractivity contribution in [1.82, 2.24) is 4.98 Å². The van der Waals surface area contributed by atoms with Gasteiger partial charge in [0.25, 0.3) is 0 Å². The van der Waals surface area contributed by atoms with Crippen molar-refractivity contribution in [2.45, 2.75) is 13.8 Å². The number of nitrogens with zero attached hydrogens (tertiary/aromatic N) is 1. The molecule has 0 saturated carbocycles. The minimum atomic E-state index is 0.788. The van der Waals surface area contributed by atoms with E-state index in [0.29, 0.717) is 0 Å². The third kappa shape index (κ3) is 0.998. The average molecular weight is 160 g/mol. The van der Waals surface area contributed by atoms with Gasteiger partial charge in [0.15, 0.2) is 0 Å². The lowest BCUT2D eigenvalue weighted by Gasteiger charge is -1.95. The molecule has 0 spiro atoms. The molecule has 1 aromatic heterocycles. The molecular formula is C10H12N2. The molecule has 1 aromatic rings. The molecule has 1 aliphatic rings. The summed E-state index contributed by atoms with van der Waals surface area (Å²) in [6.07, 6.45) is 4.10. The van der Waals surface area contributed by atoms with Gasteiger partial charge in [-0.3, -0.25) is 4.99 Å². The van der Waals surface area contributed by atoms with Gasteiger partial charge in [-0.05, 0) is 31.1 Å². The summed E-state index contributed by atoms with van der Waals surface area (Å²) in [4.78, 5) is 7.52. The maximum atomic E-state index is 4.39. The monoisotopic (exact) mass is 160 g/mol. The van der Waals surface area contributed by atoms with Crippen LogP contribution in [0.4, 0.5) is 0 Å². The number of H-pyrrole nitrogens is 1. The Kier molecular flexibility index (Phi) is 1.61. The summed E-state index contributed by atoms with van der Waals surface area (Å²) in [7, 11) is 0. The van der Waals surface area contributed by atoms with Crippen molar-refractivity contribution in [3.63, 3.8) is 0 Å². The third-order valence-electron chi connectivity index (χ3n) is 2.37. The van der Waals surface area contributed by atoms with Gasteiger partial charge < -0.3 is 4.98 Å². The van der Waals surface area contributed by atoms with E-state index < -0.39 is 0 Å². The summed E-state index contributed by atoms with van der Waals surface area (Å²) < 4.78 is 0. The molecule has 0 saturated heterocycles. The lowest BCUT2D eigenvalue weighted by Crippen LogP contribution is -2.24. The number of aromatic nitrogens is 1.